The molecule has 1 amide bonds. The monoisotopic (exact) mass is 351 g/mol. The van der Waals surface area contributed by atoms with Gasteiger partial charge in [-0.25, -0.2) is 9.50 Å². The van der Waals surface area contributed by atoms with Crippen molar-refractivity contribution in [1.29, 1.82) is 0 Å². The first-order valence-electron chi connectivity index (χ1n) is 8.88. The van der Waals surface area contributed by atoms with Crippen molar-refractivity contribution in [3.05, 3.63) is 54.2 Å². The first-order chi connectivity index (χ1) is 12.7. The molecule has 134 valence electrons. The molecule has 1 aliphatic rings. The van der Waals surface area contributed by atoms with Crippen molar-refractivity contribution in [2.24, 2.45) is 0 Å². The van der Waals surface area contributed by atoms with E-state index in [1.165, 1.54) is 0 Å². The number of pyridine rings is 1. The Bertz CT molecular complexity index is 882. The number of fused-ring (bicyclic) bond motifs is 1. The summed E-state index contributed by atoms with van der Waals surface area (Å²) in [6.07, 6.45) is 9.00. The number of hydrogen-bond acceptors (Lipinski definition) is 5. The maximum Gasteiger partial charge on any atom is 0.272 e. The molecule has 4 rings (SSSR count). The topological polar surface area (TPSA) is 81.4 Å². The van der Waals surface area contributed by atoms with Gasteiger partial charge >= 0.3 is 0 Å². The molecule has 0 bridgehead atoms. The molecule has 0 atom stereocenters. The summed E-state index contributed by atoms with van der Waals surface area (Å²) in [5.41, 5.74) is 1.97. The van der Waals surface area contributed by atoms with Gasteiger partial charge in [-0.1, -0.05) is 0 Å². The summed E-state index contributed by atoms with van der Waals surface area (Å²) in [5, 5.41) is 7.35. The molecule has 3 heterocycles. The molecule has 1 fully saturated rings. The van der Waals surface area contributed by atoms with Crippen molar-refractivity contribution in [1.82, 2.24) is 24.9 Å². The molecule has 0 radical (unpaired) electrons. The largest absolute Gasteiger partial charge is 0.489 e. The minimum atomic E-state index is -0.150. The molecular formula is C19H21N5O2. The lowest BCUT2D eigenvalue weighted by molar-refractivity contribution is 0.0888. The fourth-order valence-corrected chi connectivity index (χ4v) is 3.30. The molecule has 3 aromatic heterocycles. The van der Waals surface area contributed by atoms with E-state index in [9.17, 15) is 4.79 Å². The summed E-state index contributed by atoms with van der Waals surface area (Å²) < 4.78 is 7.67. The number of aromatic nitrogens is 4. The van der Waals surface area contributed by atoms with E-state index in [0.717, 1.165) is 37.1 Å². The van der Waals surface area contributed by atoms with Gasteiger partial charge in [-0.2, -0.15) is 5.10 Å². The number of nitrogens with zero attached hydrogens (tertiary/aromatic N) is 4. The van der Waals surface area contributed by atoms with E-state index in [2.05, 4.69) is 20.4 Å². The quantitative estimate of drug-likeness (QED) is 0.781. The van der Waals surface area contributed by atoms with Gasteiger partial charge in [-0.3, -0.25) is 9.78 Å². The van der Waals surface area contributed by atoms with E-state index >= 15 is 0 Å². The van der Waals surface area contributed by atoms with Crippen LogP contribution in [-0.4, -0.2) is 37.6 Å². The number of carbonyl (C=O) groups is 1. The van der Waals surface area contributed by atoms with Crippen molar-refractivity contribution in [2.45, 2.75) is 44.8 Å². The molecule has 0 saturated heterocycles. The number of aryl methyl sites for hydroxylation is 1. The third-order valence-corrected chi connectivity index (χ3v) is 4.73. The van der Waals surface area contributed by atoms with Crippen LogP contribution >= 0.6 is 0 Å². The zero-order valence-electron chi connectivity index (χ0n) is 14.6. The first kappa shape index (κ1) is 16.5. The van der Waals surface area contributed by atoms with Crippen LogP contribution in [0.25, 0.3) is 5.65 Å². The van der Waals surface area contributed by atoms with E-state index in [-0.39, 0.29) is 18.1 Å². The predicted octanol–water partition coefficient (Wildman–Crippen LogP) is 2.55. The Hall–Kier alpha value is -2.96. The summed E-state index contributed by atoms with van der Waals surface area (Å²) in [7, 11) is 0. The van der Waals surface area contributed by atoms with Crippen LogP contribution in [0.3, 0.4) is 0 Å². The van der Waals surface area contributed by atoms with Gasteiger partial charge in [0.05, 0.1) is 11.8 Å². The van der Waals surface area contributed by atoms with Gasteiger partial charge in [0.1, 0.15) is 5.75 Å². The lowest BCUT2D eigenvalue weighted by Crippen LogP contribution is -2.39. The summed E-state index contributed by atoms with van der Waals surface area (Å²) in [5.74, 6) is 0.695. The average molecular weight is 351 g/mol. The molecule has 1 aliphatic carbocycles. The van der Waals surface area contributed by atoms with Gasteiger partial charge in [0.2, 0.25) is 0 Å². The highest BCUT2D eigenvalue weighted by Gasteiger charge is 2.25. The molecule has 0 aliphatic heterocycles. The third-order valence-electron chi connectivity index (χ3n) is 4.73. The van der Waals surface area contributed by atoms with Crippen LogP contribution in [0.2, 0.25) is 0 Å². The van der Waals surface area contributed by atoms with E-state index in [0.29, 0.717) is 11.3 Å². The fourth-order valence-electron chi connectivity index (χ4n) is 3.30. The van der Waals surface area contributed by atoms with Gasteiger partial charge in [0.25, 0.3) is 5.91 Å². The zero-order valence-corrected chi connectivity index (χ0v) is 14.6. The second-order valence-electron chi connectivity index (χ2n) is 6.60. The fraction of sp³-hybridized carbons (Fsp3) is 0.368. The lowest BCUT2D eigenvalue weighted by atomic mass is 9.93. The normalized spacial score (nSPS) is 20.0. The number of amides is 1. The molecule has 7 nitrogen and oxygen atoms in total. The van der Waals surface area contributed by atoms with E-state index in [1.807, 2.05) is 19.1 Å². The van der Waals surface area contributed by atoms with Crippen molar-refractivity contribution in [3.8, 4) is 5.75 Å². The second kappa shape index (κ2) is 7.11. The molecule has 0 unspecified atom stereocenters. The number of ether oxygens (including phenoxy) is 1. The summed E-state index contributed by atoms with van der Waals surface area (Å²) >= 11 is 0. The number of hydrogen-bond donors (Lipinski definition) is 1. The van der Waals surface area contributed by atoms with Crippen LogP contribution in [0.15, 0.2) is 42.9 Å². The highest BCUT2D eigenvalue weighted by Crippen LogP contribution is 2.25. The van der Waals surface area contributed by atoms with E-state index in [1.54, 1.807) is 35.2 Å². The van der Waals surface area contributed by atoms with E-state index < -0.39 is 0 Å². The van der Waals surface area contributed by atoms with Crippen molar-refractivity contribution < 1.29 is 9.53 Å². The Morgan fingerprint density at radius 2 is 2.00 bits per heavy atom. The summed E-state index contributed by atoms with van der Waals surface area (Å²) in [6.45, 7) is 1.95. The molecule has 0 spiro atoms. The number of nitrogens with one attached hydrogen (secondary N) is 1. The number of carbonyl (C=O) groups excluding carboxylic acids is 1. The third kappa shape index (κ3) is 3.51. The molecule has 1 N–H and O–H groups in total. The second-order valence-corrected chi connectivity index (χ2v) is 6.60. The van der Waals surface area contributed by atoms with Gasteiger partial charge < -0.3 is 10.1 Å². The van der Waals surface area contributed by atoms with Crippen LogP contribution in [0.1, 0.15) is 41.9 Å². The molecular weight excluding hydrogens is 330 g/mol. The van der Waals surface area contributed by atoms with Crippen LogP contribution in [0, 0.1) is 6.92 Å². The van der Waals surface area contributed by atoms with Crippen LogP contribution in [0.4, 0.5) is 0 Å². The molecule has 0 aromatic carbocycles. The Morgan fingerprint density at radius 3 is 2.77 bits per heavy atom. The van der Waals surface area contributed by atoms with Gasteiger partial charge in [0.15, 0.2) is 11.3 Å². The first-order valence-corrected chi connectivity index (χ1v) is 8.88. The Kier molecular flexibility index (Phi) is 4.51. The van der Waals surface area contributed by atoms with Crippen molar-refractivity contribution in [2.75, 3.05) is 0 Å². The zero-order chi connectivity index (χ0) is 17.9. The lowest BCUT2D eigenvalue weighted by Gasteiger charge is -2.29. The predicted molar refractivity (Wildman–Crippen MR) is 96.1 cm³/mol. The Labute approximate surface area is 151 Å². The molecule has 7 heteroatoms. The highest BCUT2D eigenvalue weighted by atomic mass is 16.5. The SMILES string of the molecule is Cc1ncccc1OC1CCC(NC(=O)c2cc3ncccn3n2)CC1. The number of rotatable bonds is 4. The minimum Gasteiger partial charge on any atom is -0.489 e. The maximum absolute atomic E-state index is 12.4. The Balaban J connectivity index is 1.32. The molecule has 26 heavy (non-hydrogen) atoms. The smallest absolute Gasteiger partial charge is 0.272 e. The van der Waals surface area contributed by atoms with Crippen LogP contribution in [0.5, 0.6) is 5.75 Å². The Morgan fingerprint density at radius 1 is 1.19 bits per heavy atom. The minimum absolute atomic E-state index is 0.148. The maximum atomic E-state index is 12.4. The molecule has 1 saturated carbocycles. The van der Waals surface area contributed by atoms with Gasteiger partial charge in [0, 0.05) is 30.7 Å². The molecule has 3 aromatic rings. The van der Waals surface area contributed by atoms with Crippen molar-refractivity contribution in [3.63, 3.8) is 0 Å². The van der Waals surface area contributed by atoms with Crippen molar-refractivity contribution >= 4 is 11.6 Å². The van der Waals surface area contributed by atoms with Gasteiger partial charge in [-0.15, -0.1) is 0 Å². The van der Waals surface area contributed by atoms with Crippen LogP contribution < -0.4 is 10.1 Å². The average Bonchev–Trinajstić information content (AvgIpc) is 3.10. The van der Waals surface area contributed by atoms with Crippen LogP contribution in [-0.2, 0) is 0 Å². The van der Waals surface area contributed by atoms with Gasteiger partial charge in [-0.05, 0) is 50.8 Å². The van der Waals surface area contributed by atoms with E-state index in [4.69, 9.17) is 4.74 Å². The standard InChI is InChI=1S/C19H21N5O2/c1-13-17(4-2-9-20-13)26-15-7-5-14(6-8-15)22-19(25)16-12-18-21-10-3-11-24(18)23-16/h2-4,9-12,14-15H,5-8H2,1H3,(H,22,25). The summed E-state index contributed by atoms with van der Waals surface area (Å²) in [4.78, 5) is 20.9. The summed E-state index contributed by atoms with van der Waals surface area (Å²) in [6, 6.07) is 7.48. The highest BCUT2D eigenvalue weighted by molar-refractivity contribution is 5.93.